The lowest BCUT2D eigenvalue weighted by molar-refractivity contribution is -0.384. The second-order valence-corrected chi connectivity index (χ2v) is 14.4. The van der Waals surface area contributed by atoms with E-state index in [9.17, 15) is 19.7 Å². The number of hydrogen-bond acceptors (Lipinski definition) is 9. The summed E-state index contributed by atoms with van der Waals surface area (Å²) >= 11 is 0. The van der Waals surface area contributed by atoms with Crippen LogP contribution in [0.4, 0.5) is 11.4 Å². The number of fused-ring (bicyclic) bond motifs is 1. The second-order valence-electron chi connectivity index (χ2n) is 14.4. The number of benzene rings is 5. The molecule has 0 aromatic heterocycles. The maximum atomic E-state index is 13.0. The van der Waals surface area contributed by atoms with Crippen molar-refractivity contribution in [2.75, 3.05) is 13.7 Å². The van der Waals surface area contributed by atoms with E-state index < -0.39 is 16.9 Å². The van der Waals surface area contributed by atoms with Crippen LogP contribution in [0.5, 0.6) is 23.0 Å². The molecule has 5 rings (SSSR count). The maximum Gasteiger partial charge on any atom is 0.343 e. The molecule has 10 nitrogen and oxygen atoms in total. The molecule has 0 spiro atoms. The summed E-state index contributed by atoms with van der Waals surface area (Å²) in [5.41, 5.74) is 1.79. The van der Waals surface area contributed by atoms with Gasteiger partial charge in [-0.2, -0.15) is 0 Å². The summed E-state index contributed by atoms with van der Waals surface area (Å²) in [6.45, 7) is 2.97. The number of aliphatic imine (C=N–C) groups is 1. The molecule has 10 heteroatoms. The van der Waals surface area contributed by atoms with Gasteiger partial charge in [-0.3, -0.25) is 15.1 Å². The molecule has 0 aliphatic carbocycles. The first kappa shape index (κ1) is 43.1. The Morgan fingerprint density at radius 1 is 0.603 bits per heavy atom. The van der Waals surface area contributed by atoms with E-state index in [-0.39, 0.29) is 17.0 Å². The quantitative estimate of drug-likeness (QED) is 0.0151. The highest BCUT2D eigenvalue weighted by Crippen LogP contribution is 2.30. The van der Waals surface area contributed by atoms with Crippen molar-refractivity contribution in [1.82, 2.24) is 0 Å². The van der Waals surface area contributed by atoms with Crippen LogP contribution in [0.1, 0.15) is 123 Å². The lowest BCUT2D eigenvalue weighted by atomic mass is 10.0. The van der Waals surface area contributed by atoms with Gasteiger partial charge in [-0.05, 0) is 102 Å². The number of nitrogens with zero attached hydrogens (tertiary/aromatic N) is 2. The molecular formula is C48H54N2O8. The first-order chi connectivity index (χ1) is 28.3. The fourth-order valence-corrected chi connectivity index (χ4v) is 6.57. The van der Waals surface area contributed by atoms with Gasteiger partial charge in [0.05, 0.1) is 35.5 Å². The van der Waals surface area contributed by atoms with Crippen LogP contribution in [-0.4, -0.2) is 36.8 Å². The molecule has 0 fully saturated rings. The molecular weight excluding hydrogens is 733 g/mol. The Morgan fingerprint density at radius 2 is 1.17 bits per heavy atom. The zero-order valence-electron chi connectivity index (χ0n) is 33.7. The van der Waals surface area contributed by atoms with E-state index in [0.717, 1.165) is 22.9 Å². The largest absolute Gasteiger partial charge is 0.494 e. The number of nitro benzene ring substituents is 1. The Bertz CT molecular complexity index is 2110. The first-order valence-electron chi connectivity index (χ1n) is 20.5. The van der Waals surface area contributed by atoms with Gasteiger partial charge in [0.15, 0.2) is 11.5 Å². The van der Waals surface area contributed by atoms with Gasteiger partial charge in [-0.15, -0.1) is 0 Å². The molecule has 5 aromatic carbocycles. The molecule has 0 aliphatic heterocycles. The minimum atomic E-state index is -0.680. The van der Waals surface area contributed by atoms with Crippen LogP contribution in [0.3, 0.4) is 0 Å². The molecule has 0 amide bonds. The highest BCUT2D eigenvalue weighted by molar-refractivity contribution is 5.97. The smallest absolute Gasteiger partial charge is 0.343 e. The standard InChI is InChI=1S/C48H54N2O8/c1-3-4-5-6-7-8-9-10-11-12-13-14-15-16-31-56-44-27-22-38-33-40(19-18-39(38)34-44)48(52)57-43-28-23-41(24-29-43)49-35-36-17-30-45(46(32-36)55-2)58-47(51)37-20-25-42(26-21-37)50(53)54/h17-30,32-35H,3-16,31H2,1-2H3. The number of nitro groups is 1. The van der Waals surface area contributed by atoms with Crippen molar-refractivity contribution in [2.24, 2.45) is 4.99 Å². The van der Waals surface area contributed by atoms with Crippen molar-refractivity contribution in [1.29, 1.82) is 0 Å². The molecule has 5 aromatic rings. The lowest BCUT2D eigenvalue weighted by Crippen LogP contribution is -2.09. The van der Waals surface area contributed by atoms with E-state index in [4.69, 9.17) is 18.9 Å². The van der Waals surface area contributed by atoms with Crippen LogP contribution in [0, 0.1) is 10.1 Å². The van der Waals surface area contributed by atoms with Crippen LogP contribution < -0.4 is 18.9 Å². The van der Waals surface area contributed by atoms with Gasteiger partial charge in [0, 0.05) is 18.3 Å². The average molecular weight is 787 g/mol. The molecule has 0 heterocycles. The number of rotatable bonds is 24. The number of unbranched alkanes of at least 4 members (excludes halogenated alkanes) is 13. The number of methoxy groups -OCH3 is 1. The Morgan fingerprint density at radius 3 is 1.81 bits per heavy atom. The van der Waals surface area contributed by atoms with Crippen LogP contribution in [0.2, 0.25) is 0 Å². The number of carbonyl (C=O) groups excluding carboxylic acids is 2. The van der Waals surface area contributed by atoms with Crippen molar-refractivity contribution in [2.45, 2.75) is 96.8 Å². The number of carbonyl (C=O) groups is 2. The zero-order chi connectivity index (χ0) is 41.0. The molecule has 0 saturated carbocycles. The third-order valence-electron chi connectivity index (χ3n) is 9.93. The van der Waals surface area contributed by atoms with Crippen molar-refractivity contribution in [3.63, 3.8) is 0 Å². The third-order valence-corrected chi connectivity index (χ3v) is 9.93. The maximum absolute atomic E-state index is 13.0. The van der Waals surface area contributed by atoms with Gasteiger partial charge < -0.3 is 18.9 Å². The lowest BCUT2D eigenvalue weighted by Gasteiger charge is -2.10. The van der Waals surface area contributed by atoms with Crippen molar-refractivity contribution in [3.8, 4) is 23.0 Å². The van der Waals surface area contributed by atoms with Gasteiger partial charge in [0.2, 0.25) is 0 Å². The summed E-state index contributed by atoms with van der Waals surface area (Å²) in [4.78, 5) is 40.5. The SMILES string of the molecule is CCCCCCCCCCCCCCCCOc1ccc2cc(C(=O)Oc3ccc(N=Cc4ccc(OC(=O)c5ccc([N+](=O)[O-])cc5)c(OC)c4)cc3)ccc2c1. The number of non-ortho nitro benzene ring substituents is 1. The van der Waals surface area contributed by atoms with E-state index in [1.54, 1.807) is 54.7 Å². The molecule has 0 atom stereocenters. The fourth-order valence-electron chi connectivity index (χ4n) is 6.57. The molecule has 304 valence electrons. The van der Waals surface area contributed by atoms with Crippen LogP contribution in [0.15, 0.2) is 108 Å². The molecule has 0 saturated heterocycles. The highest BCUT2D eigenvalue weighted by atomic mass is 16.6. The molecule has 0 N–H and O–H groups in total. The minimum Gasteiger partial charge on any atom is -0.494 e. The molecule has 58 heavy (non-hydrogen) atoms. The predicted octanol–water partition coefficient (Wildman–Crippen LogP) is 12.8. The summed E-state index contributed by atoms with van der Waals surface area (Å²) in [5.74, 6) is 0.568. The second kappa shape index (κ2) is 23.3. The van der Waals surface area contributed by atoms with E-state index in [1.807, 2.05) is 30.3 Å². The summed E-state index contributed by atoms with van der Waals surface area (Å²) in [7, 11) is 1.45. The van der Waals surface area contributed by atoms with Crippen molar-refractivity contribution < 1.29 is 33.5 Å². The van der Waals surface area contributed by atoms with E-state index in [0.29, 0.717) is 34.9 Å². The molecule has 0 bridgehead atoms. The summed E-state index contributed by atoms with van der Waals surface area (Å²) < 4.78 is 22.6. The Hall–Kier alpha value is -6.03. The van der Waals surface area contributed by atoms with Gasteiger partial charge in [0.1, 0.15) is 11.5 Å². The first-order valence-corrected chi connectivity index (χ1v) is 20.5. The van der Waals surface area contributed by atoms with Gasteiger partial charge in [-0.1, -0.05) is 103 Å². The van der Waals surface area contributed by atoms with E-state index >= 15 is 0 Å². The van der Waals surface area contributed by atoms with E-state index in [1.165, 1.54) is 115 Å². The topological polar surface area (TPSA) is 127 Å². The van der Waals surface area contributed by atoms with Gasteiger partial charge >= 0.3 is 11.9 Å². The molecule has 0 unspecified atom stereocenters. The summed E-state index contributed by atoms with van der Waals surface area (Å²) in [6.07, 6.45) is 20.2. The van der Waals surface area contributed by atoms with Crippen LogP contribution >= 0.6 is 0 Å². The normalized spacial score (nSPS) is 11.1. The number of ether oxygens (including phenoxy) is 4. The van der Waals surface area contributed by atoms with Gasteiger partial charge in [-0.25, -0.2) is 9.59 Å². The predicted molar refractivity (Wildman–Crippen MR) is 229 cm³/mol. The molecule has 0 radical (unpaired) electrons. The Balaban J connectivity index is 1.02. The van der Waals surface area contributed by atoms with Crippen LogP contribution in [-0.2, 0) is 0 Å². The number of hydrogen-bond donors (Lipinski definition) is 0. The summed E-state index contributed by atoms with van der Waals surface area (Å²) in [6, 6.07) is 28.3. The average Bonchev–Trinajstić information content (AvgIpc) is 3.24. The molecule has 0 aliphatic rings. The third kappa shape index (κ3) is 13.9. The van der Waals surface area contributed by atoms with Crippen molar-refractivity contribution in [3.05, 3.63) is 130 Å². The monoisotopic (exact) mass is 786 g/mol. The Labute approximate surface area is 341 Å². The van der Waals surface area contributed by atoms with E-state index in [2.05, 4.69) is 11.9 Å². The number of esters is 2. The minimum absolute atomic E-state index is 0.126. The summed E-state index contributed by atoms with van der Waals surface area (Å²) in [5, 5.41) is 12.8. The van der Waals surface area contributed by atoms with Gasteiger partial charge in [0.25, 0.3) is 5.69 Å². The van der Waals surface area contributed by atoms with Crippen LogP contribution in [0.25, 0.3) is 10.8 Å². The fraction of sp³-hybridized carbons (Fsp3) is 0.354. The highest BCUT2D eigenvalue weighted by Gasteiger charge is 2.15. The van der Waals surface area contributed by atoms with Crippen molar-refractivity contribution >= 4 is 40.3 Å². The zero-order valence-corrected chi connectivity index (χ0v) is 33.7. The Kier molecular flexibility index (Phi) is 17.3.